The van der Waals surface area contributed by atoms with Crippen LogP contribution in [0.5, 0.6) is 0 Å². The molecule has 0 saturated heterocycles. The van der Waals surface area contributed by atoms with E-state index in [1.807, 2.05) is 33.5 Å². The summed E-state index contributed by atoms with van der Waals surface area (Å²) in [4.78, 5) is 12.4. The summed E-state index contributed by atoms with van der Waals surface area (Å²) in [5, 5.41) is 16.4. The van der Waals surface area contributed by atoms with Crippen molar-refractivity contribution in [3.63, 3.8) is 0 Å². The molecule has 2 aromatic rings. The van der Waals surface area contributed by atoms with Crippen LogP contribution in [0, 0.1) is 5.41 Å². The van der Waals surface area contributed by atoms with Crippen LogP contribution < -0.4 is 5.32 Å². The first-order chi connectivity index (χ1) is 13.4. The maximum Gasteiger partial charge on any atom is 0.234 e. The van der Waals surface area contributed by atoms with Crippen molar-refractivity contribution in [2.24, 2.45) is 5.41 Å². The van der Waals surface area contributed by atoms with Gasteiger partial charge in [0.25, 0.3) is 0 Å². The molecule has 0 radical (unpaired) electrons. The van der Waals surface area contributed by atoms with E-state index in [-0.39, 0.29) is 11.3 Å². The fourth-order valence-corrected chi connectivity index (χ4v) is 4.39. The number of thioether (sulfide) groups is 1. The van der Waals surface area contributed by atoms with Gasteiger partial charge in [-0.2, -0.15) is 11.3 Å². The van der Waals surface area contributed by atoms with Crippen LogP contribution in [-0.2, 0) is 11.3 Å². The van der Waals surface area contributed by atoms with Crippen molar-refractivity contribution in [1.29, 1.82) is 0 Å². The lowest BCUT2D eigenvalue weighted by Gasteiger charge is -2.26. The molecule has 0 saturated carbocycles. The third kappa shape index (κ3) is 5.02. The maximum absolute atomic E-state index is 12.4. The molecule has 2 aromatic heterocycles. The Kier molecular flexibility index (Phi) is 6.57. The van der Waals surface area contributed by atoms with E-state index in [0.717, 1.165) is 35.1 Å². The van der Waals surface area contributed by atoms with Gasteiger partial charge in [-0.3, -0.25) is 9.36 Å². The number of aromatic nitrogens is 3. The van der Waals surface area contributed by atoms with Crippen LogP contribution in [0.2, 0.25) is 0 Å². The van der Waals surface area contributed by atoms with E-state index < -0.39 is 0 Å². The minimum Gasteiger partial charge on any atom is -0.329 e. The van der Waals surface area contributed by atoms with E-state index in [2.05, 4.69) is 48.9 Å². The number of rotatable bonds is 7. The van der Waals surface area contributed by atoms with Crippen molar-refractivity contribution in [1.82, 2.24) is 20.1 Å². The quantitative estimate of drug-likeness (QED) is 0.509. The van der Waals surface area contributed by atoms with Crippen molar-refractivity contribution in [2.75, 3.05) is 5.75 Å². The van der Waals surface area contributed by atoms with Crippen molar-refractivity contribution in [2.45, 2.75) is 45.3 Å². The van der Waals surface area contributed by atoms with Gasteiger partial charge >= 0.3 is 0 Å². The number of nitrogens with zero attached hydrogens (tertiary/aromatic N) is 3. The molecule has 1 aliphatic carbocycles. The number of nitrogens with one attached hydrogen (secondary N) is 1. The van der Waals surface area contributed by atoms with Crippen LogP contribution in [0.1, 0.15) is 33.6 Å². The van der Waals surface area contributed by atoms with Gasteiger partial charge in [-0.05, 0) is 35.8 Å². The molecule has 0 aliphatic heterocycles. The van der Waals surface area contributed by atoms with Crippen LogP contribution >= 0.6 is 23.1 Å². The van der Waals surface area contributed by atoms with Crippen molar-refractivity contribution < 1.29 is 4.79 Å². The highest BCUT2D eigenvalue weighted by Crippen LogP contribution is 2.32. The average molecular weight is 415 g/mol. The molecule has 1 amide bonds. The molecule has 0 bridgehead atoms. The second-order valence-corrected chi connectivity index (χ2v) is 9.41. The van der Waals surface area contributed by atoms with E-state index in [9.17, 15) is 4.79 Å². The minimum absolute atomic E-state index is 0.0194. The first-order valence-electron chi connectivity index (χ1n) is 9.28. The Labute approximate surface area is 174 Å². The third-order valence-corrected chi connectivity index (χ3v) is 6.20. The van der Waals surface area contributed by atoms with E-state index in [0.29, 0.717) is 12.3 Å². The Morgan fingerprint density at radius 1 is 1.36 bits per heavy atom. The summed E-state index contributed by atoms with van der Waals surface area (Å²) < 4.78 is 1.99. The van der Waals surface area contributed by atoms with Crippen molar-refractivity contribution >= 4 is 29.0 Å². The Morgan fingerprint density at radius 2 is 2.18 bits per heavy atom. The fourth-order valence-electron chi connectivity index (χ4n) is 3.01. The summed E-state index contributed by atoms with van der Waals surface area (Å²) in [6.07, 6.45) is 7.84. The second-order valence-electron chi connectivity index (χ2n) is 7.69. The lowest BCUT2D eigenvalue weighted by molar-refractivity contribution is -0.117. The molecule has 0 unspecified atom stereocenters. The Hall–Kier alpha value is -2.12. The Balaban J connectivity index is 1.62. The lowest BCUT2D eigenvalue weighted by Crippen LogP contribution is -2.26. The van der Waals surface area contributed by atoms with Crippen LogP contribution in [0.25, 0.3) is 11.4 Å². The van der Waals surface area contributed by atoms with Gasteiger partial charge < -0.3 is 5.32 Å². The van der Waals surface area contributed by atoms with Gasteiger partial charge in [-0.1, -0.05) is 50.3 Å². The normalized spacial score (nSPS) is 14.4. The molecule has 28 heavy (non-hydrogen) atoms. The van der Waals surface area contributed by atoms with Crippen molar-refractivity contribution in [3.05, 3.63) is 52.9 Å². The van der Waals surface area contributed by atoms with Gasteiger partial charge in [0, 0.05) is 23.2 Å². The molecule has 3 rings (SSSR count). The van der Waals surface area contributed by atoms with Gasteiger partial charge in [0.05, 0.1) is 5.75 Å². The maximum atomic E-state index is 12.4. The van der Waals surface area contributed by atoms with E-state index in [1.165, 1.54) is 17.3 Å². The average Bonchev–Trinajstić information content (AvgIpc) is 3.30. The van der Waals surface area contributed by atoms with E-state index in [4.69, 9.17) is 0 Å². The molecule has 1 aliphatic rings. The molecule has 0 atom stereocenters. The molecule has 5 nitrogen and oxygen atoms in total. The topological polar surface area (TPSA) is 59.8 Å². The van der Waals surface area contributed by atoms with Gasteiger partial charge in [-0.15, -0.1) is 16.8 Å². The largest absolute Gasteiger partial charge is 0.329 e. The summed E-state index contributed by atoms with van der Waals surface area (Å²) >= 11 is 3.02. The monoisotopic (exact) mass is 414 g/mol. The Morgan fingerprint density at radius 3 is 2.79 bits per heavy atom. The number of carbonyl (C=O) groups is 1. The van der Waals surface area contributed by atoms with Crippen molar-refractivity contribution in [3.8, 4) is 11.4 Å². The molecular formula is C21H26N4OS2. The smallest absolute Gasteiger partial charge is 0.234 e. The molecule has 7 heteroatoms. The predicted molar refractivity (Wildman–Crippen MR) is 117 cm³/mol. The molecule has 0 spiro atoms. The summed E-state index contributed by atoms with van der Waals surface area (Å²) in [5.41, 5.74) is 3.60. The van der Waals surface area contributed by atoms with Gasteiger partial charge in [0.1, 0.15) is 0 Å². The molecular weight excluding hydrogens is 388 g/mol. The highest BCUT2D eigenvalue weighted by molar-refractivity contribution is 7.99. The van der Waals surface area contributed by atoms with E-state index >= 15 is 0 Å². The summed E-state index contributed by atoms with van der Waals surface area (Å²) in [7, 11) is 0. The molecule has 2 heterocycles. The minimum atomic E-state index is -0.0194. The lowest BCUT2D eigenvalue weighted by atomic mass is 9.81. The highest BCUT2D eigenvalue weighted by Gasteiger charge is 2.20. The first-order valence-corrected chi connectivity index (χ1v) is 11.2. The van der Waals surface area contributed by atoms with Gasteiger partial charge in [0.2, 0.25) is 5.91 Å². The third-order valence-electron chi connectivity index (χ3n) is 4.55. The number of thiophene rings is 1. The standard InChI is InChI=1S/C21H26N4OS2/c1-5-11-25-19(15-10-12-27-13-15)23-24-20(25)28-14-18(26)22-17-8-6-16(7-9-17)21(2,3)4/h5-6,8,10,12-13H,1,7,9,11,14H2,2-4H3,(H,22,26). The SMILES string of the molecule is C=CCn1c(SCC(=O)NC2=CC=C(C(C)(C)C)CC2)nnc1-c1ccsc1. The zero-order valence-electron chi connectivity index (χ0n) is 16.6. The number of allylic oxidation sites excluding steroid dienone is 5. The van der Waals surface area contributed by atoms with Gasteiger partial charge in [0.15, 0.2) is 11.0 Å². The number of amides is 1. The van der Waals surface area contributed by atoms with E-state index in [1.54, 1.807) is 11.3 Å². The molecule has 148 valence electrons. The molecule has 0 fully saturated rings. The summed E-state index contributed by atoms with van der Waals surface area (Å²) in [5.74, 6) is 1.08. The summed E-state index contributed by atoms with van der Waals surface area (Å²) in [6.45, 7) is 11.1. The first kappa shape index (κ1) is 20.6. The molecule has 0 aromatic carbocycles. The molecule has 1 N–H and O–H groups in total. The highest BCUT2D eigenvalue weighted by atomic mass is 32.2. The van der Waals surface area contributed by atoms with Crippen LogP contribution in [0.4, 0.5) is 0 Å². The zero-order valence-corrected chi connectivity index (χ0v) is 18.2. The Bertz CT molecular complexity index is 901. The number of carbonyl (C=O) groups excluding carboxylic acids is 1. The van der Waals surface area contributed by atoms with Gasteiger partial charge in [-0.25, -0.2) is 0 Å². The zero-order chi connectivity index (χ0) is 20.1. The second kappa shape index (κ2) is 8.92. The summed E-state index contributed by atoms with van der Waals surface area (Å²) in [6, 6.07) is 2.02. The number of hydrogen-bond donors (Lipinski definition) is 1. The van der Waals surface area contributed by atoms with Crippen LogP contribution in [0.15, 0.2) is 58.1 Å². The fraction of sp³-hybridized carbons (Fsp3) is 0.381. The predicted octanol–water partition coefficient (Wildman–Crippen LogP) is 5.05. The van der Waals surface area contributed by atoms with Crippen LogP contribution in [0.3, 0.4) is 0 Å². The van der Waals surface area contributed by atoms with Crippen LogP contribution in [-0.4, -0.2) is 26.4 Å². The number of hydrogen-bond acceptors (Lipinski definition) is 5.